The summed E-state index contributed by atoms with van der Waals surface area (Å²) in [5.74, 6) is 0.116. The van der Waals surface area contributed by atoms with Crippen molar-refractivity contribution in [3.8, 4) is 11.5 Å². The molecular weight excluding hydrogens is 254 g/mol. The lowest BCUT2D eigenvalue weighted by atomic mass is 10.3. The van der Waals surface area contributed by atoms with Gasteiger partial charge in [0, 0.05) is 6.07 Å². The molecule has 7 nitrogen and oxygen atoms in total. The highest BCUT2D eigenvalue weighted by atomic mass is 16.6. The Bertz CT molecular complexity index is 523. The van der Waals surface area contributed by atoms with Gasteiger partial charge in [-0.1, -0.05) is 0 Å². The van der Waals surface area contributed by atoms with Gasteiger partial charge in [-0.25, -0.2) is 4.79 Å². The number of nitro benzene ring substituents is 1. The highest BCUT2D eigenvalue weighted by molar-refractivity contribution is 5.82. The molecule has 1 aromatic carbocycles. The Morgan fingerprint density at radius 2 is 2.00 bits per heavy atom. The number of ether oxygens (including phenoxy) is 3. The van der Waals surface area contributed by atoms with Crippen molar-refractivity contribution in [1.29, 1.82) is 0 Å². The zero-order valence-corrected chi connectivity index (χ0v) is 10.7. The summed E-state index contributed by atoms with van der Waals surface area (Å²) in [5, 5.41) is 10.7. The van der Waals surface area contributed by atoms with Gasteiger partial charge in [0.2, 0.25) is 0 Å². The van der Waals surface area contributed by atoms with Crippen molar-refractivity contribution >= 4 is 11.7 Å². The number of methoxy groups -OCH3 is 2. The maximum Gasteiger partial charge on any atom is 0.333 e. The molecule has 0 aliphatic carbocycles. The van der Waals surface area contributed by atoms with Crippen LogP contribution in [-0.4, -0.2) is 25.1 Å². The van der Waals surface area contributed by atoms with Crippen molar-refractivity contribution in [3.05, 3.63) is 40.1 Å². The molecule has 0 radical (unpaired) electrons. The number of rotatable bonds is 5. The molecule has 0 saturated heterocycles. The van der Waals surface area contributed by atoms with Gasteiger partial charge in [0.25, 0.3) is 5.69 Å². The fourth-order valence-corrected chi connectivity index (χ4v) is 1.29. The molecule has 19 heavy (non-hydrogen) atoms. The molecule has 0 aliphatic rings. The van der Waals surface area contributed by atoms with Gasteiger partial charge < -0.3 is 14.2 Å². The predicted octanol–water partition coefficient (Wildman–Crippen LogP) is 2.06. The van der Waals surface area contributed by atoms with Crippen LogP contribution in [0.25, 0.3) is 0 Å². The summed E-state index contributed by atoms with van der Waals surface area (Å²) in [4.78, 5) is 21.2. The molecule has 1 aromatic rings. The minimum atomic E-state index is -0.582. The van der Waals surface area contributed by atoms with E-state index in [1.807, 2.05) is 0 Å². The number of non-ortho nitro benzene ring substituents is 1. The van der Waals surface area contributed by atoms with E-state index in [-0.39, 0.29) is 17.2 Å². The first-order chi connectivity index (χ1) is 8.97. The summed E-state index contributed by atoms with van der Waals surface area (Å²) in [6, 6.07) is 3.93. The maximum atomic E-state index is 11.0. The lowest BCUT2D eigenvalue weighted by Gasteiger charge is -2.09. The normalized spacial score (nSPS) is 10.8. The number of esters is 1. The van der Waals surface area contributed by atoms with Gasteiger partial charge in [0.1, 0.15) is 5.76 Å². The Morgan fingerprint density at radius 3 is 2.53 bits per heavy atom. The maximum absolute atomic E-state index is 11.0. The van der Waals surface area contributed by atoms with E-state index in [0.717, 1.165) is 6.08 Å². The molecule has 0 N–H and O–H groups in total. The third-order valence-electron chi connectivity index (χ3n) is 2.15. The van der Waals surface area contributed by atoms with Gasteiger partial charge in [-0.3, -0.25) is 10.1 Å². The van der Waals surface area contributed by atoms with Gasteiger partial charge in [-0.15, -0.1) is 0 Å². The van der Waals surface area contributed by atoms with E-state index in [4.69, 9.17) is 9.47 Å². The average molecular weight is 267 g/mol. The lowest BCUT2D eigenvalue weighted by molar-refractivity contribution is -0.384. The number of nitrogens with zero attached hydrogens (tertiary/aromatic N) is 1. The molecule has 7 heteroatoms. The average Bonchev–Trinajstić information content (AvgIpc) is 2.38. The van der Waals surface area contributed by atoms with Crippen molar-refractivity contribution in [3.63, 3.8) is 0 Å². The second kappa shape index (κ2) is 6.39. The molecule has 0 aromatic heterocycles. The number of hydrogen-bond donors (Lipinski definition) is 0. The highest BCUT2D eigenvalue weighted by Crippen LogP contribution is 2.32. The summed E-state index contributed by atoms with van der Waals surface area (Å²) in [7, 11) is 2.65. The smallest absolute Gasteiger partial charge is 0.333 e. The lowest BCUT2D eigenvalue weighted by Crippen LogP contribution is -2.01. The zero-order valence-electron chi connectivity index (χ0n) is 10.7. The molecule has 0 aliphatic heterocycles. The van der Waals surface area contributed by atoms with Gasteiger partial charge in [0.15, 0.2) is 11.5 Å². The molecule has 0 saturated carbocycles. The van der Waals surface area contributed by atoms with E-state index in [1.165, 1.54) is 39.3 Å². The predicted molar refractivity (Wildman–Crippen MR) is 66.0 cm³/mol. The molecule has 0 atom stereocenters. The van der Waals surface area contributed by atoms with Crippen LogP contribution in [-0.2, 0) is 9.53 Å². The largest absolute Gasteiger partial charge is 0.493 e. The molecule has 0 spiro atoms. The number of benzene rings is 1. The molecule has 0 fully saturated rings. The van der Waals surface area contributed by atoms with Crippen LogP contribution >= 0.6 is 0 Å². The number of carbonyl (C=O) groups is 1. The summed E-state index contributed by atoms with van der Waals surface area (Å²) in [5.41, 5.74) is -0.137. The quantitative estimate of drug-likeness (QED) is 0.267. The zero-order chi connectivity index (χ0) is 14.4. The van der Waals surface area contributed by atoms with Crippen molar-refractivity contribution in [2.75, 3.05) is 14.2 Å². The van der Waals surface area contributed by atoms with Crippen molar-refractivity contribution in [2.45, 2.75) is 6.92 Å². The van der Waals surface area contributed by atoms with Gasteiger partial charge in [-0.2, -0.15) is 0 Å². The first kappa shape index (κ1) is 14.5. The molecule has 0 amide bonds. The number of nitro groups is 1. The molecule has 0 bridgehead atoms. The van der Waals surface area contributed by atoms with E-state index in [0.29, 0.717) is 5.75 Å². The van der Waals surface area contributed by atoms with E-state index in [1.54, 1.807) is 0 Å². The van der Waals surface area contributed by atoms with Gasteiger partial charge in [-0.05, 0) is 13.0 Å². The van der Waals surface area contributed by atoms with Crippen LogP contribution in [0.2, 0.25) is 0 Å². The van der Waals surface area contributed by atoms with Crippen molar-refractivity contribution in [1.82, 2.24) is 0 Å². The number of allylic oxidation sites excluding steroid dienone is 1. The monoisotopic (exact) mass is 267 g/mol. The van der Waals surface area contributed by atoms with Crippen LogP contribution in [0.1, 0.15) is 6.92 Å². The third kappa shape index (κ3) is 3.98. The SMILES string of the molecule is COC(=O)/C=C(/C)Oc1cc([N+](=O)[O-])ccc1OC. The van der Waals surface area contributed by atoms with Crippen molar-refractivity contribution < 1.29 is 23.9 Å². The Balaban J connectivity index is 3.04. The van der Waals surface area contributed by atoms with Crippen molar-refractivity contribution in [2.24, 2.45) is 0 Å². The number of carbonyl (C=O) groups excluding carboxylic acids is 1. The van der Waals surface area contributed by atoms with E-state index < -0.39 is 10.9 Å². The van der Waals surface area contributed by atoms with E-state index >= 15 is 0 Å². The van der Waals surface area contributed by atoms with Gasteiger partial charge >= 0.3 is 5.97 Å². The Hall–Kier alpha value is -2.57. The fourth-order valence-electron chi connectivity index (χ4n) is 1.29. The molecule has 102 valence electrons. The van der Waals surface area contributed by atoms with Crippen LogP contribution < -0.4 is 9.47 Å². The van der Waals surface area contributed by atoms with Crippen LogP contribution in [0.5, 0.6) is 11.5 Å². The molecule has 1 rings (SSSR count). The first-order valence-electron chi connectivity index (χ1n) is 5.24. The van der Waals surface area contributed by atoms with Crippen LogP contribution in [0.15, 0.2) is 30.0 Å². The summed E-state index contributed by atoms with van der Waals surface area (Å²) < 4.78 is 14.8. The van der Waals surface area contributed by atoms with E-state index in [2.05, 4.69) is 4.74 Å². The van der Waals surface area contributed by atoms with Crippen LogP contribution in [0.4, 0.5) is 5.69 Å². The van der Waals surface area contributed by atoms with Crippen LogP contribution in [0, 0.1) is 10.1 Å². The summed E-state index contributed by atoms with van der Waals surface area (Å²) in [6.45, 7) is 1.52. The fraction of sp³-hybridized carbons (Fsp3) is 0.250. The van der Waals surface area contributed by atoms with Crippen LogP contribution in [0.3, 0.4) is 0 Å². The molecule has 0 unspecified atom stereocenters. The van der Waals surface area contributed by atoms with E-state index in [9.17, 15) is 14.9 Å². The minimum absolute atomic E-state index is 0.137. The summed E-state index contributed by atoms with van der Waals surface area (Å²) >= 11 is 0. The highest BCUT2D eigenvalue weighted by Gasteiger charge is 2.13. The Labute approximate surface area is 109 Å². The minimum Gasteiger partial charge on any atom is -0.493 e. The molecular formula is C12H13NO6. The van der Waals surface area contributed by atoms with Gasteiger partial charge in [0.05, 0.1) is 31.3 Å². The number of hydrogen-bond acceptors (Lipinski definition) is 6. The Kier molecular flexibility index (Phi) is 4.87. The summed E-state index contributed by atoms with van der Waals surface area (Å²) in [6.07, 6.45) is 1.12. The second-order valence-corrected chi connectivity index (χ2v) is 3.47. The first-order valence-corrected chi connectivity index (χ1v) is 5.24. The standard InChI is InChI=1S/C12H13NO6/c1-8(6-12(14)18-3)19-11-7-9(13(15)16)4-5-10(11)17-2/h4-7H,1-3H3/b8-6-. The topological polar surface area (TPSA) is 87.9 Å². The Morgan fingerprint density at radius 1 is 1.32 bits per heavy atom. The molecule has 0 heterocycles. The second-order valence-electron chi connectivity index (χ2n) is 3.47. The third-order valence-corrected chi connectivity index (χ3v) is 2.15.